The first-order valence-electron chi connectivity index (χ1n) is 10.5. The van der Waals surface area contributed by atoms with Gasteiger partial charge >= 0.3 is 0 Å². The fraction of sp³-hybridized carbons (Fsp3) is 0.192. The van der Waals surface area contributed by atoms with Crippen LogP contribution in [-0.4, -0.2) is 27.5 Å². The van der Waals surface area contributed by atoms with Gasteiger partial charge in [-0.3, -0.25) is 9.78 Å². The van der Waals surface area contributed by atoms with Crippen molar-refractivity contribution in [2.75, 3.05) is 6.54 Å². The van der Waals surface area contributed by atoms with Crippen LogP contribution in [0, 0.1) is 13.8 Å². The van der Waals surface area contributed by atoms with Gasteiger partial charge in [-0.05, 0) is 66.8 Å². The lowest BCUT2D eigenvalue weighted by atomic mass is 9.96. The number of nitrogens with one attached hydrogen (secondary N) is 1. The number of hydrogen-bond acceptors (Lipinski definition) is 5. The molecule has 2 N–H and O–H groups in total. The van der Waals surface area contributed by atoms with Crippen molar-refractivity contribution < 1.29 is 9.90 Å². The molecule has 2 aromatic carbocycles. The Morgan fingerprint density at radius 2 is 1.84 bits per heavy atom. The zero-order chi connectivity index (χ0) is 22.5. The number of aromatic nitrogens is 2. The second-order valence-corrected chi connectivity index (χ2v) is 8.72. The number of amides is 1. The average Bonchev–Trinajstić information content (AvgIpc) is 3.35. The van der Waals surface area contributed by atoms with Crippen molar-refractivity contribution in [3.63, 3.8) is 0 Å². The molecular weight excluding hydrogens is 418 g/mol. The Labute approximate surface area is 191 Å². The van der Waals surface area contributed by atoms with Gasteiger partial charge in [0.25, 0.3) is 5.91 Å². The number of rotatable bonds is 7. The van der Waals surface area contributed by atoms with Gasteiger partial charge in [-0.15, -0.1) is 11.3 Å². The van der Waals surface area contributed by atoms with Crippen LogP contribution in [-0.2, 0) is 6.42 Å². The van der Waals surface area contributed by atoms with Crippen LogP contribution in [0.1, 0.15) is 43.9 Å². The first-order chi connectivity index (χ1) is 15.5. The first-order valence-corrected chi connectivity index (χ1v) is 11.4. The summed E-state index contributed by atoms with van der Waals surface area (Å²) in [6.07, 6.45) is 3.32. The molecule has 0 radical (unpaired) electrons. The quantitative estimate of drug-likeness (QED) is 0.427. The second-order valence-electron chi connectivity index (χ2n) is 7.80. The van der Waals surface area contributed by atoms with E-state index in [-0.39, 0.29) is 5.91 Å². The molecule has 5 nitrogen and oxygen atoms in total. The van der Waals surface area contributed by atoms with Gasteiger partial charge in [0.2, 0.25) is 0 Å². The van der Waals surface area contributed by atoms with E-state index in [1.807, 2.05) is 74.0 Å². The molecule has 4 aromatic rings. The van der Waals surface area contributed by atoms with Crippen LogP contribution in [0.3, 0.4) is 0 Å². The van der Waals surface area contributed by atoms with Gasteiger partial charge in [0.1, 0.15) is 11.1 Å². The summed E-state index contributed by atoms with van der Waals surface area (Å²) in [5.41, 5.74) is 6.23. The number of thiazole rings is 1. The number of nitrogens with zero attached hydrogens (tertiary/aromatic N) is 2. The Morgan fingerprint density at radius 1 is 1.03 bits per heavy atom. The van der Waals surface area contributed by atoms with Crippen LogP contribution >= 0.6 is 11.3 Å². The number of hydrogen-bond donors (Lipinski definition) is 2. The number of pyridine rings is 1. The molecule has 4 rings (SSSR count). The molecule has 0 unspecified atom stereocenters. The molecule has 0 saturated heterocycles. The zero-order valence-electron chi connectivity index (χ0n) is 18.1. The van der Waals surface area contributed by atoms with Gasteiger partial charge in [0.15, 0.2) is 0 Å². The maximum Gasteiger partial charge on any atom is 0.251 e. The van der Waals surface area contributed by atoms with Crippen LogP contribution in [0.5, 0.6) is 0 Å². The normalized spacial score (nSPS) is 11.8. The number of carbonyl (C=O) groups excluding carboxylic acids is 1. The van der Waals surface area contributed by atoms with Crippen molar-refractivity contribution in [2.45, 2.75) is 26.4 Å². The van der Waals surface area contributed by atoms with Crippen LogP contribution in [0.2, 0.25) is 0 Å². The Kier molecular flexibility index (Phi) is 6.73. The predicted molar refractivity (Wildman–Crippen MR) is 128 cm³/mol. The Hall–Kier alpha value is -3.35. The largest absolute Gasteiger partial charge is 0.381 e. The highest BCUT2D eigenvalue weighted by Crippen LogP contribution is 2.29. The number of aryl methyl sites for hydroxylation is 2. The molecule has 0 bridgehead atoms. The maximum absolute atomic E-state index is 13.0. The third kappa shape index (κ3) is 5.28. The summed E-state index contributed by atoms with van der Waals surface area (Å²) < 4.78 is 0. The van der Waals surface area contributed by atoms with Crippen molar-refractivity contribution in [2.24, 2.45) is 0 Å². The minimum Gasteiger partial charge on any atom is -0.381 e. The molecule has 0 aliphatic heterocycles. The number of carbonyl (C=O) groups is 1. The molecule has 1 amide bonds. The van der Waals surface area contributed by atoms with Crippen LogP contribution in [0.25, 0.3) is 11.1 Å². The van der Waals surface area contributed by atoms with Gasteiger partial charge in [-0.1, -0.05) is 35.9 Å². The number of benzene rings is 2. The summed E-state index contributed by atoms with van der Waals surface area (Å²) in [7, 11) is 0. The van der Waals surface area contributed by atoms with Crippen molar-refractivity contribution in [1.82, 2.24) is 15.3 Å². The molecule has 162 valence electrons. The average molecular weight is 444 g/mol. The van der Waals surface area contributed by atoms with Crippen molar-refractivity contribution >= 4 is 17.2 Å². The van der Waals surface area contributed by atoms with E-state index in [0.29, 0.717) is 29.1 Å². The Balaban J connectivity index is 1.58. The Morgan fingerprint density at radius 3 is 2.53 bits per heavy atom. The fourth-order valence-electron chi connectivity index (χ4n) is 3.43. The predicted octanol–water partition coefficient (Wildman–Crippen LogP) is 4.88. The summed E-state index contributed by atoms with van der Waals surface area (Å²) >= 11 is 1.39. The van der Waals surface area contributed by atoms with Crippen LogP contribution < -0.4 is 5.32 Å². The first kappa shape index (κ1) is 21.9. The van der Waals surface area contributed by atoms with Gasteiger partial charge in [-0.2, -0.15) is 0 Å². The van der Waals surface area contributed by atoms with E-state index in [1.54, 1.807) is 12.3 Å². The fourth-order valence-corrected chi connectivity index (χ4v) is 4.08. The van der Waals surface area contributed by atoms with Gasteiger partial charge in [-0.25, -0.2) is 4.98 Å². The monoisotopic (exact) mass is 443 g/mol. The summed E-state index contributed by atoms with van der Waals surface area (Å²) in [4.78, 5) is 21.5. The molecule has 32 heavy (non-hydrogen) atoms. The molecule has 0 aliphatic rings. The summed E-state index contributed by atoms with van der Waals surface area (Å²) in [6.45, 7) is 4.49. The minimum atomic E-state index is -0.884. The molecule has 0 spiro atoms. The van der Waals surface area contributed by atoms with Gasteiger partial charge < -0.3 is 10.4 Å². The topological polar surface area (TPSA) is 75.1 Å². The minimum absolute atomic E-state index is 0.174. The molecule has 1 atom stereocenters. The zero-order valence-corrected chi connectivity index (χ0v) is 18.9. The number of aliphatic hydroxyl groups excluding tert-OH is 1. The van der Waals surface area contributed by atoms with E-state index in [0.717, 1.165) is 27.9 Å². The van der Waals surface area contributed by atoms with Crippen molar-refractivity contribution in [3.05, 3.63) is 105 Å². The van der Waals surface area contributed by atoms with E-state index in [9.17, 15) is 9.90 Å². The SMILES string of the molecule is Cc1ccc(-c2cc(C(=O)NCCc3ccc(C)nc3)cc([C@@H](O)c3nccs3)c2)cc1. The summed E-state index contributed by atoms with van der Waals surface area (Å²) in [6, 6.07) is 17.6. The molecule has 2 aromatic heterocycles. The van der Waals surface area contributed by atoms with E-state index >= 15 is 0 Å². The van der Waals surface area contributed by atoms with E-state index in [2.05, 4.69) is 15.3 Å². The third-order valence-electron chi connectivity index (χ3n) is 5.28. The summed E-state index contributed by atoms with van der Waals surface area (Å²) in [5.74, 6) is -0.174. The summed E-state index contributed by atoms with van der Waals surface area (Å²) in [5, 5.41) is 16.3. The van der Waals surface area contributed by atoms with Crippen molar-refractivity contribution in [1.29, 1.82) is 0 Å². The molecule has 6 heteroatoms. The van der Waals surface area contributed by atoms with Gasteiger partial charge in [0, 0.05) is 35.6 Å². The molecule has 0 aliphatic carbocycles. The molecular formula is C26H25N3O2S. The maximum atomic E-state index is 13.0. The highest BCUT2D eigenvalue weighted by atomic mass is 32.1. The standard InChI is InChI=1S/C26H25N3O2S/c1-17-3-7-20(8-4-17)21-13-22(24(30)26-28-11-12-32-26)15-23(14-21)25(31)27-10-9-19-6-5-18(2)29-16-19/h3-8,11-16,24,30H,9-10H2,1-2H3,(H,27,31)/t24-/m1/s1. The number of aliphatic hydroxyl groups is 1. The smallest absolute Gasteiger partial charge is 0.251 e. The molecule has 2 heterocycles. The van der Waals surface area contributed by atoms with Crippen molar-refractivity contribution in [3.8, 4) is 11.1 Å². The lowest BCUT2D eigenvalue weighted by molar-refractivity contribution is 0.0954. The highest BCUT2D eigenvalue weighted by molar-refractivity contribution is 7.09. The molecule has 0 saturated carbocycles. The molecule has 0 fully saturated rings. The van der Waals surface area contributed by atoms with E-state index < -0.39 is 6.10 Å². The van der Waals surface area contributed by atoms with Crippen LogP contribution in [0.15, 0.2) is 72.4 Å². The second kappa shape index (κ2) is 9.85. The van der Waals surface area contributed by atoms with E-state index in [1.165, 1.54) is 11.3 Å². The van der Waals surface area contributed by atoms with Crippen LogP contribution in [0.4, 0.5) is 0 Å². The van der Waals surface area contributed by atoms with E-state index in [4.69, 9.17) is 0 Å². The van der Waals surface area contributed by atoms with Gasteiger partial charge in [0.05, 0.1) is 0 Å². The third-order valence-corrected chi connectivity index (χ3v) is 6.10. The lowest BCUT2D eigenvalue weighted by Gasteiger charge is -2.14. The lowest BCUT2D eigenvalue weighted by Crippen LogP contribution is -2.26. The highest BCUT2D eigenvalue weighted by Gasteiger charge is 2.17. The Bertz CT molecular complexity index is 1190.